The smallest absolute Gasteiger partial charge is 0.213 e. The quantitative estimate of drug-likeness (QED) is 0.532. The standard InChI is InChI=1S/C24H28N2O5S/c1-4-32(27,28)26-9-6-20(7-10-26)31-24-14-18(11-17-5-8-25-16-23(17)24)19-12-21(29-2)15-22(13-19)30-3/h5,8,11-16,20H,4,6-7,9-10H2,1-3H3. The fraction of sp³-hybridized carbons (Fsp3) is 0.375. The van der Waals surface area contributed by atoms with Gasteiger partial charge < -0.3 is 14.2 Å². The highest BCUT2D eigenvalue weighted by Gasteiger charge is 2.28. The topological polar surface area (TPSA) is 78.0 Å². The summed E-state index contributed by atoms with van der Waals surface area (Å²) in [5.41, 5.74) is 1.93. The maximum absolute atomic E-state index is 12.2. The maximum atomic E-state index is 12.2. The molecule has 0 aliphatic carbocycles. The van der Waals surface area contributed by atoms with E-state index in [0.29, 0.717) is 37.4 Å². The Kier molecular flexibility index (Phi) is 6.53. The molecule has 3 aromatic rings. The normalized spacial score (nSPS) is 15.6. The Bertz CT molecular complexity index is 1180. The summed E-state index contributed by atoms with van der Waals surface area (Å²) in [5.74, 6) is 2.28. The van der Waals surface area contributed by atoms with E-state index >= 15 is 0 Å². The van der Waals surface area contributed by atoms with Gasteiger partial charge in [0, 0.05) is 36.9 Å². The van der Waals surface area contributed by atoms with E-state index < -0.39 is 10.0 Å². The molecule has 1 aromatic heterocycles. The number of methoxy groups -OCH3 is 2. The van der Waals surface area contributed by atoms with Gasteiger partial charge in [-0.3, -0.25) is 4.98 Å². The first-order valence-electron chi connectivity index (χ1n) is 10.7. The Labute approximate surface area is 189 Å². The molecular weight excluding hydrogens is 428 g/mol. The van der Waals surface area contributed by atoms with E-state index in [-0.39, 0.29) is 11.9 Å². The van der Waals surface area contributed by atoms with E-state index in [0.717, 1.165) is 27.6 Å². The molecule has 1 fully saturated rings. The van der Waals surface area contributed by atoms with Gasteiger partial charge in [-0.25, -0.2) is 12.7 Å². The molecule has 0 atom stereocenters. The van der Waals surface area contributed by atoms with Crippen LogP contribution in [-0.4, -0.2) is 56.9 Å². The number of benzene rings is 2. The molecule has 2 aromatic carbocycles. The lowest BCUT2D eigenvalue weighted by molar-refractivity contribution is 0.137. The molecule has 1 saturated heterocycles. The summed E-state index contributed by atoms with van der Waals surface area (Å²) in [6.07, 6.45) is 4.81. The second-order valence-corrected chi connectivity index (χ2v) is 10.0. The highest BCUT2D eigenvalue weighted by Crippen LogP contribution is 2.36. The monoisotopic (exact) mass is 456 g/mol. The Morgan fingerprint density at radius 1 is 1.00 bits per heavy atom. The van der Waals surface area contributed by atoms with Crippen LogP contribution in [-0.2, 0) is 10.0 Å². The third kappa shape index (κ3) is 4.66. The number of fused-ring (bicyclic) bond motifs is 1. The van der Waals surface area contributed by atoms with Crippen molar-refractivity contribution in [2.75, 3.05) is 33.1 Å². The lowest BCUT2D eigenvalue weighted by atomic mass is 10.0. The van der Waals surface area contributed by atoms with Gasteiger partial charge >= 0.3 is 0 Å². The molecule has 170 valence electrons. The number of hydrogen-bond donors (Lipinski definition) is 0. The minimum absolute atomic E-state index is 0.0585. The third-order valence-electron chi connectivity index (χ3n) is 5.86. The maximum Gasteiger partial charge on any atom is 0.213 e. The lowest BCUT2D eigenvalue weighted by Gasteiger charge is -2.31. The number of aromatic nitrogens is 1. The zero-order valence-corrected chi connectivity index (χ0v) is 19.4. The third-order valence-corrected chi connectivity index (χ3v) is 7.74. The number of nitrogens with zero attached hydrogens (tertiary/aromatic N) is 2. The summed E-state index contributed by atoms with van der Waals surface area (Å²) >= 11 is 0. The first-order chi connectivity index (χ1) is 15.4. The molecule has 0 saturated carbocycles. The van der Waals surface area contributed by atoms with Crippen LogP contribution in [0.3, 0.4) is 0 Å². The van der Waals surface area contributed by atoms with Crippen LogP contribution in [0.5, 0.6) is 17.2 Å². The summed E-state index contributed by atoms with van der Waals surface area (Å²) in [5, 5.41) is 1.94. The van der Waals surface area contributed by atoms with Crippen molar-refractivity contribution in [3.05, 3.63) is 48.8 Å². The van der Waals surface area contributed by atoms with Crippen LogP contribution in [0.25, 0.3) is 21.9 Å². The Morgan fingerprint density at radius 2 is 1.66 bits per heavy atom. The van der Waals surface area contributed by atoms with E-state index in [9.17, 15) is 8.42 Å². The summed E-state index contributed by atoms with van der Waals surface area (Å²) in [4.78, 5) is 4.27. The van der Waals surface area contributed by atoms with E-state index in [2.05, 4.69) is 11.1 Å². The minimum Gasteiger partial charge on any atom is -0.497 e. The van der Waals surface area contributed by atoms with Gasteiger partial charge in [0.05, 0.1) is 20.0 Å². The van der Waals surface area contributed by atoms with Gasteiger partial charge in [-0.05, 0) is 66.6 Å². The molecule has 0 unspecified atom stereocenters. The van der Waals surface area contributed by atoms with E-state index in [1.165, 1.54) is 0 Å². The van der Waals surface area contributed by atoms with E-state index in [4.69, 9.17) is 14.2 Å². The lowest BCUT2D eigenvalue weighted by Crippen LogP contribution is -2.42. The molecule has 4 rings (SSSR count). The van der Waals surface area contributed by atoms with Crippen LogP contribution in [0.2, 0.25) is 0 Å². The molecule has 0 N–H and O–H groups in total. The predicted octanol–water partition coefficient (Wildman–Crippen LogP) is 4.11. The van der Waals surface area contributed by atoms with Crippen molar-refractivity contribution in [2.24, 2.45) is 0 Å². The highest BCUT2D eigenvalue weighted by molar-refractivity contribution is 7.89. The summed E-state index contributed by atoms with van der Waals surface area (Å²) < 4.78 is 43.1. The number of rotatable bonds is 7. The molecule has 0 spiro atoms. The van der Waals surface area contributed by atoms with Crippen molar-refractivity contribution >= 4 is 20.8 Å². The van der Waals surface area contributed by atoms with Gasteiger partial charge in [-0.2, -0.15) is 0 Å². The van der Waals surface area contributed by atoms with Crippen molar-refractivity contribution in [3.63, 3.8) is 0 Å². The minimum atomic E-state index is -3.16. The van der Waals surface area contributed by atoms with Crippen LogP contribution in [0.1, 0.15) is 19.8 Å². The SMILES string of the molecule is CCS(=O)(=O)N1CCC(Oc2cc(-c3cc(OC)cc(OC)c3)cc3ccncc23)CC1. The number of ether oxygens (including phenoxy) is 3. The van der Waals surface area contributed by atoms with Gasteiger partial charge in [0.1, 0.15) is 23.4 Å². The molecule has 0 radical (unpaired) electrons. The first kappa shape index (κ1) is 22.4. The van der Waals surface area contributed by atoms with E-state index in [1.807, 2.05) is 30.3 Å². The summed E-state index contributed by atoms with van der Waals surface area (Å²) in [6.45, 7) is 2.63. The van der Waals surface area contributed by atoms with Crippen LogP contribution in [0, 0.1) is 0 Å². The first-order valence-corrected chi connectivity index (χ1v) is 12.3. The van der Waals surface area contributed by atoms with Crippen LogP contribution in [0.4, 0.5) is 0 Å². The highest BCUT2D eigenvalue weighted by atomic mass is 32.2. The molecule has 1 aliphatic heterocycles. The second-order valence-electron chi connectivity index (χ2n) is 7.79. The van der Waals surface area contributed by atoms with Crippen molar-refractivity contribution in [1.29, 1.82) is 0 Å². The van der Waals surface area contributed by atoms with Crippen LogP contribution < -0.4 is 14.2 Å². The number of pyridine rings is 1. The van der Waals surface area contributed by atoms with E-state index in [1.54, 1.807) is 37.8 Å². The van der Waals surface area contributed by atoms with Gasteiger partial charge in [-0.15, -0.1) is 0 Å². The number of piperidine rings is 1. The van der Waals surface area contributed by atoms with Gasteiger partial charge in [0.15, 0.2) is 0 Å². The summed E-state index contributed by atoms with van der Waals surface area (Å²) in [6, 6.07) is 11.8. The Balaban J connectivity index is 1.66. The Hall–Kier alpha value is -2.84. The van der Waals surface area contributed by atoms with Gasteiger partial charge in [0.2, 0.25) is 10.0 Å². The van der Waals surface area contributed by atoms with Gasteiger partial charge in [0.25, 0.3) is 0 Å². The molecule has 1 aliphatic rings. The summed E-state index contributed by atoms with van der Waals surface area (Å²) in [7, 11) is 0.0943. The van der Waals surface area contributed by atoms with Crippen molar-refractivity contribution in [3.8, 4) is 28.4 Å². The molecule has 7 nitrogen and oxygen atoms in total. The second kappa shape index (κ2) is 9.34. The average Bonchev–Trinajstić information content (AvgIpc) is 2.83. The average molecular weight is 457 g/mol. The van der Waals surface area contributed by atoms with Crippen molar-refractivity contribution < 1.29 is 22.6 Å². The van der Waals surface area contributed by atoms with Gasteiger partial charge in [-0.1, -0.05) is 0 Å². The molecule has 32 heavy (non-hydrogen) atoms. The zero-order valence-electron chi connectivity index (χ0n) is 18.6. The fourth-order valence-corrected chi connectivity index (χ4v) is 5.13. The van der Waals surface area contributed by atoms with Crippen molar-refractivity contribution in [1.82, 2.24) is 9.29 Å². The van der Waals surface area contributed by atoms with Crippen LogP contribution >= 0.6 is 0 Å². The molecule has 8 heteroatoms. The predicted molar refractivity (Wildman–Crippen MR) is 125 cm³/mol. The molecule has 2 heterocycles. The number of hydrogen-bond acceptors (Lipinski definition) is 6. The molecule has 0 amide bonds. The Morgan fingerprint density at radius 3 is 2.28 bits per heavy atom. The largest absolute Gasteiger partial charge is 0.497 e. The van der Waals surface area contributed by atoms with Crippen molar-refractivity contribution in [2.45, 2.75) is 25.9 Å². The molecule has 0 bridgehead atoms. The fourth-order valence-electron chi connectivity index (χ4n) is 3.99. The molecular formula is C24H28N2O5S. The van der Waals surface area contributed by atoms with Crippen LogP contribution in [0.15, 0.2) is 48.8 Å². The zero-order chi connectivity index (χ0) is 22.7. The number of sulfonamides is 1.